The molecule has 3 N–H and O–H groups in total. The van der Waals surface area contributed by atoms with Crippen molar-refractivity contribution in [1.29, 1.82) is 0 Å². The third-order valence-corrected chi connectivity index (χ3v) is 2.68. The van der Waals surface area contributed by atoms with Crippen molar-refractivity contribution in [3.63, 3.8) is 0 Å². The SMILES string of the molecule is C[C@H](CN)NC(=O)C1Cc2ccccc2O1. The van der Waals surface area contributed by atoms with Gasteiger partial charge in [-0.15, -0.1) is 0 Å². The Morgan fingerprint density at radius 3 is 3.06 bits per heavy atom. The van der Waals surface area contributed by atoms with Crippen molar-refractivity contribution in [2.24, 2.45) is 5.73 Å². The van der Waals surface area contributed by atoms with Crippen LogP contribution in [0.4, 0.5) is 0 Å². The summed E-state index contributed by atoms with van der Waals surface area (Å²) >= 11 is 0. The molecule has 1 amide bonds. The Labute approximate surface area is 94.8 Å². The van der Waals surface area contributed by atoms with Gasteiger partial charge in [-0.2, -0.15) is 0 Å². The van der Waals surface area contributed by atoms with Gasteiger partial charge in [0.1, 0.15) is 5.75 Å². The molecule has 0 aliphatic carbocycles. The van der Waals surface area contributed by atoms with Gasteiger partial charge in [0.25, 0.3) is 5.91 Å². The fourth-order valence-corrected chi connectivity index (χ4v) is 1.72. The van der Waals surface area contributed by atoms with E-state index in [1.165, 1.54) is 0 Å². The van der Waals surface area contributed by atoms with Crippen molar-refractivity contribution in [2.75, 3.05) is 6.54 Å². The molecule has 4 nitrogen and oxygen atoms in total. The van der Waals surface area contributed by atoms with Crippen LogP contribution < -0.4 is 15.8 Å². The lowest BCUT2D eigenvalue weighted by Crippen LogP contribution is -2.44. The Balaban J connectivity index is 1.98. The molecule has 2 rings (SSSR count). The van der Waals surface area contributed by atoms with E-state index in [9.17, 15) is 4.79 Å². The minimum Gasteiger partial charge on any atom is -0.480 e. The number of benzene rings is 1. The van der Waals surface area contributed by atoms with Gasteiger partial charge in [0.05, 0.1) is 0 Å². The molecule has 1 heterocycles. The van der Waals surface area contributed by atoms with Gasteiger partial charge in [-0.05, 0) is 18.6 Å². The van der Waals surface area contributed by atoms with Crippen LogP contribution in [-0.2, 0) is 11.2 Å². The predicted octanol–water partition coefficient (Wildman–Crippen LogP) is 0.454. The Morgan fingerprint density at radius 1 is 1.62 bits per heavy atom. The lowest BCUT2D eigenvalue weighted by Gasteiger charge is -2.15. The third kappa shape index (κ3) is 2.17. The fraction of sp³-hybridized carbons (Fsp3) is 0.417. The van der Waals surface area contributed by atoms with Crippen LogP contribution in [0.1, 0.15) is 12.5 Å². The van der Waals surface area contributed by atoms with Gasteiger partial charge in [0.15, 0.2) is 6.10 Å². The van der Waals surface area contributed by atoms with E-state index in [0.29, 0.717) is 13.0 Å². The summed E-state index contributed by atoms with van der Waals surface area (Å²) < 4.78 is 5.56. The zero-order valence-corrected chi connectivity index (χ0v) is 9.27. The van der Waals surface area contributed by atoms with E-state index in [0.717, 1.165) is 11.3 Å². The second kappa shape index (κ2) is 4.53. The highest BCUT2D eigenvalue weighted by Gasteiger charge is 2.29. The number of ether oxygens (including phenoxy) is 1. The smallest absolute Gasteiger partial charge is 0.261 e. The van der Waals surface area contributed by atoms with E-state index in [1.807, 2.05) is 31.2 Å². The van der Waals surface area contributed by atoms with Crippen LogP contribution in [0.5, 0.6) is 5.75 Å². The first-order valence-corrected chi connectivity index (χ1v) is 5.45. The Hall–Kier alpha value is -1.55. The maximum absolute atomic E-state index is 11.8. The second-order valence-corrected chi connectivity index (χ2v) is 4.06. The summed E-state index contributed by atoms with van der Waals surface area (Å²) in [6.07, 6.45) is 0.227. The number of nitrogens with two attached hydrogens (primary N) is 1. The summed E-state index contributed by atoms with van der Waals surface area (Å²) in [5.41, 5.74) is 6.53. The zero-order chi connectivity index (χ0) is 11.5. The monoisotopic (exact) mass is 220 g/mol. The van der Waals surface area contributed by atoms with Crippen molar-refractivity contribution in [2.45, 2.75) is 25.5 Å². The Kier molecular flexibility index (Phi) is 3.10. The summed E-state index contributed by atoms with van der Waals surface area (Å²) in [6, 6.07) is 7.70. The number of rotatable bonds is 3. The molecular formula is C12H16N2O2. The molecule has 1 aromatic rings. The number of para-hydroxylation sites is 1. The van der Waals surface area contributed by atoms with Crippen LogP contribution in [0.2, 0.25) is 0 Å². The van der Waals surface area contributed by atoms with E-state index in [1.54, 1.807) is 0 Å². The van der Waals surface area contributed by atoms with Crippen LogP contribution in [0, 0.1) is 0 Å². The minimum atomic E-state index is -0.411. The molecule has 1 aliphatic heterocycles. The summed E-state index contributed by atoms with van der Waals surface area (Å²) in [6.45, 7) is 2.31. The molecule has 1 aliphatic rings. The maximum Gasteiger partial charge on any atom is 0.261 e. The highest BCUT2D eigenvalue weighted by Crippen LogP contribution is 2.28. The van der Waals surface area contributed by atoms with Gasteiger partial charge in [-0.25, -0.2) is 0 Å². The Bertz CT molecular complexity index is 367. The number of carbonyl (C=O) groups is 1. The first-order valence-electron chi connectivity index (χ1n) is 5.45. The molecule has 0 saturated carbocycles. The number of carbonyl (C=O) groups excluding carboxylic acids is 1. The topological polar surface area (TPSA) is 64.3 Å². The van der Waals surface area contributed by atoms with Gasteiger partial charge in [-0.3, -0.25) is 4.79 Å². The standard InChI is InChI=1S/C12H16N2O2/c1-8(7-13)14-12(15)11-6-9-4-2-3-5-10(9)16-11/h2-5,8,11H,6-7,13H2,1H3,(H,14,15)/t8-,11?/m1/s1. The van der Waals surface area contributed by atoms with E-state index < -0.39 is 6.10 Å². The van der Waals surface area contributed by atoms with Crippen LogP contribution in [-0.4, -0.2) is 24.6 Å². The molecule has 16 heavy (non-hydrogen) atoms. The van der Waals surface area contributed by atoms with E-state index in [4.69, 9.17) is 10.5 Å². The van der Waals surface area contributed by atoms with Crippen molar-refractivity contribution in [3.05, 3.63) is 29.8 Å². The molecule has 0 bridgehead atoms. The maximum atomic E-state index is 11.8. The van der Waals surface area contributed by atoms with Crippen molar-refractivity contribution < 1.29 is 9.53 Å². The molecule has 0 fully saturated rings. The summed E-state index contributed by atoms with van der Waals surface area (Å²) in [5, 5.41) is 2.82. The average Bonchev–Trinajstić information content (AvgIpc) is 2.72. The number of hydrogen-bond donors (Lipinski definition) is 2. The van der Waals surface area contributed by atoms with E-state index in [-0.39, 0.29) is 11.9 Å². The largest absolute Gasteiger partial charge is 0.480 e. The van der Waals surface area contributed by atoms with E-state index in [2.05, 4.69) is 5.32 Å². The molecule has 0 saturated heterocycles. The van der Waals surface area contributed by atoms with Crippen molar-refractivity contribution in [3.8, 4) is 5.75 Å². The molecule has 86 valence electrons. The summed E-state index contributed by atoms with van der Waals surface area (Å²) in [5.74, 6) is 0.720. The van der Waals surface area contributed by atoms with E-state index >= 15 is 0 Å². The first kappa shape index (κ1) is 11.0. The average molecular weight is 220 g/mol. The second-order valence-electron chi connectivity index (χ2n) is 4.06. The number of amides is 1. The molecule has 1 unspecified atom stereocenters. The first-order chi connectivity index (χ1) is 7.70. The highest BCUT2D eigenvalue weighted by molar-refractivity contribution is 5.82. The van der Waals surface area contributed by atoms with Crippen LogP contribution >= 0.6 is 0 Å². The lowest BCUT2D eigenvalue weighted by atomic mass is 10.1. The lowest BCUT2D eigenvalue weighted by molar-refractivity contribution is -0.127. The summed E-state index contributed by atoms with van der Waals surface area (Å²) in [4.78, 5) is 11.8. The van der Waals surface area contributed by atoms with Crippen LogP contribution in [0.15, 0.2) is 24.3 Å². The molecule has 0 aromatic heterocycles. The fourth-order valence-electron chi connectivity index (χ4n) is 1.72. The molecule has 0 spiro atoms. The van der Waals surface area contributed by atoms with Crippen LogP contribution in [0.25, 0.3) is 0 Å². The van der Waals surface area contributed by atoms with Crippen LogP contribution in [0.3, 0.4) is 0 Å². The number of hydrogen-bond acceptors (Lipinski definition) is 3. The number of fused-ring (bicyclic) bond motifs is 1. The molecule has 1 aromatic carbocycles. The van der Waals surface area contributed by atoms with Crippen molar-refractivity contribution >= 4 is 5.91 Å². The molecule has 4 heteroatoms. The van der Waals surface area contributed by atoms with Gasteiger partial charge in [-0.1, -0.05) is 18.2 Å². The van der Waals surface area contributed by atoms with Crippen molar-refractivity contribution in [1.82, 2.24) is 5.32 Å². The molecule has 2 atom stereocenters. The Morgan fingerprint density at radius 2 is 2.38 bits per heavy atom. The normalized spacial score (nSPS) is 19.8. The number of nitrogens with one attached hydrogen (secondary N) is 1. The third-order valence-electron chi connectivity index (χ3n) is 2.68. The van der Waals surface area contributed by atoms with Gasteiger partial charge in [0.2, 0.25) is 0 Å². The predicted molar refractivity (Wildman–Crippen MR) is 61.2 cm³/mol. The molecular weight excluding hydrogens is 204 g/mol. The summed E-state index contributed by atoms with van der Waals surface area (Å²) in [7, 11) is 0. The van der Waals surface area contributed by atoms with Gasteiger partial charge in [0, 0.05) is 19.0 Å². The quantitative estimate of drug-likeness (QED) is 0.777. The molecule has 0 radical (unpaired) electrons. The van der Waals surface area contributed by atoms with Gasteiger partial charge >= 0.3 is 0 Å². The zero-order valence-electron chi connectivity index (χ0n) is 9.27. The minimum absolute atomic E-state index is 0.0141. The van der Waals surface area contributed by atoms with Gasteiger partial charge < -0.3 is 15.8 Å². The highest BCUT2D eigenvalue weighted by atomic mass is 16.5.